The minimum Gasteiger partial charge on any atom is -0.367 e. The number of hydrogen-bond acceptors (Lipinski definition) is 5. The Hall–Kier alpha value is -1.01. The molecule has 2 aromatic heterocycles. The third-order valence-corrected chi connectivity index (χ3v) is 4.61. The molecule has 96 valence electrons. The quantitative estimate of drug-likeness (QED) is 0.848. The topological polar surface area (TPSA) is 66.5 Å². The number of nitrogens with one attached hydrogen (secondary N) is 2. The Labute approximate surface area is 114 Å². The zero-order valence-corrected chi connectivity index (χ0v) is 11.6. The Morgan fingerprint density at radius 2 is 2.33 bits per heavy atom. The van der Waals surface area contributed by atoms with Crippen LogP contribution in [-0.4, -0.2) is 37.7 Å². The van der Waals surface area contributed by atoms with Crippen LogP contribution in [0.1, 0.15) is 19.3 Å². The van der Waals surface area contributed by atoms with Crippen LogP contribution in [0.2, 0.25) is 5.28 Å². The highest BCUT2D eigenvalue weighted by molar-refractivity contribution is 7.99. The number of aromatic amines is 1. The molecule has 2 N–H and O–H groups in total. The van der Waals surface area contributed by atoms with Crippen LogP contribution >= 0.6 is 23.4 Å². The van der Waals surface area contributed by atoms with E-state index in [1.807, 2.05) is 11.8 Å². The van der Waals surface area contributed by atoms with E-state index in [1.165, 1.54) is 19.3 Å². The highest BCUT2D eigenvalue weighted by atomic mass is 35.5. The lowest BCUT2D eigenvalue weighted by molar-refractivity contribution is 0.753. The molecule has 1 saturated carbocycles. The number of nitrogens with zero attached hydrogens (tertiary/aromatic N) is 3. The fourth-order valence-corrected chi connectivity index (χ4v) is 3.36. The van der Waals surface area contributed by atoms with Gasteiger partial charge < -0.3 is 5.32 Å². The lowest BCUT2D eigenvalue weighted by Gasteiger charge is -2.13. The summed E-state index contributed by atoms with van der Waals surface area (Å²) in [5.41, 5.74) is 0.678. The Morgan fingerprint density at radius 3 is 3.11 bits per heavy atom. The van der Waals surface area contributed by atoms with E-state index in [-0.39, 0.29) is 5.28 Å². The van der Waals surface area contributed by atoms with Crippen molar-refractivity contribution in [2.75, 3.05) is 11.6 Å². The standard InChI is InChI=1S/C11H14ClN5S/c1-18-7-3-2-6(4-7)14-9-8-5-13-17-10(8)16-11(12)15-9/h5-7H,2-4H2,1H3,(H2,13,14,15,16,17). The molecule has 1 fully saturated rings. The summed E-state index contributed by atoms with van der Waals surface area (Å²) in [6.45, 7) is 0. The van der Waals surface area contributed by atoms with Crippen LogP contribution < -0.4 is 5.32 Å². The van der Waals surface area contributed by atoms with Crippen LogP contribution in [-0.2, 0) is 0 Å². The molecule has 3 rings (SSSR count). The number of thioether (sulfide) groups is 1. The molecule has 0 spiro atoms. The molecule has 2 atom stereocenters. The SMILES string of the molecule is CSC1CCC(Nc2nc(Cl)nc3[nH]ncc23)C1. The van der Waals surface area contributed by atoms with Crippen LogP contribution in [0.4, 0.5) is 5.82 Å². The van der Waals surface area contributed by atoms with Crippen molar-refractivity contribution >= 4 is 40.2 Å². The number of halogens is 1. The molecule has 1 aliphatic rings. The third kappa shape index (κ3) is 2.27. The van der Waals surface area contributed by atoms with Gasteiger partial charge in [0, 0.05) is 11.3 Å². The molecule has 2 aromatic rings. The van der Waals surface area contributed by atoms with Crippen LogP contribution in [0.15, 0.2) is 6.20 Å². The molecule has 0 aromatic carbocycles. The summed E-state index contributed by atoms with van der Waals surface area (Å²) >= 11 is 7.85. The second-order valence-electron chi connectivity index (χ2n) is 4.49. The zero-order valence-electron chi connectivity index (χ0n) is 9.98. The summed E-state index contributed by atoms with van der Waals surface area (Å²) in [5, 5.41) is 12.1. The molecule has 0 radical (unpaired) electrons. The molecule has 5 nitrogen and oxygen atoms in total. The van der Waals surface area contributed by atoms with Gasteiger partial charge in [-0.25, -0.2) is 0 Å². The summed E-state index contributed by atoms with van der Waals surface area (Å²) in [7, 11) is 0. The first kappa shape index (κ1) is 12.0. The smallest absolute Gasteiger partial charge is 0.226 e. The highest BCUT2D eigenvalue weighted by Crippen LogP contribution is 2.31. The number of fused-ring (bicyclic) bond motifs is 1. The van der Waals surface area contributed by atoms with Crippen molar-refractivity contribution in [3.05, 3.63) is 11.5 Å². The number of anilines is 1. The van der Waals surface area contributed by atoms with E-state index in [2.05, 4.69) is 31.7 Å². The van der Waals surface area contributed by atoms with Crippen molar-refractivity contribution in [2.45, 2.75) is 30.6 Å². The van der Waals surface area contributed by atoms with Crippen molar-refractivity contribution in [3.8, 4) is 0 Å². The van der Waals surface area contributed by atoms with E-state index in [0.29, 0.717) is 11.7 Å². The minimum absolute atomic E-state index is 0.244. The van der Waals surface area contributed by atoms with Crippen LogP contribution in [0.5, 0.6) is 0 Å². The van der Waals surface area contributed by atoms with Gasteiger partial charge in [-0.05, 0) is 37.1 Å². The maximum atomic E-state index is 5.91. The van der Waals surface area contributed by atoms with Gasteiger partial charge in [0.25, 0.3) is 0 Å². The van der Waals surface area contributed by atoms with Crippen molar-refractivity contribution in [2.24, 2.45) is 0 Å². The largest absolute Gasteiger partial charge is 0.367 e. The number of aromatic nitrogens is 4. The lowest BCUT2D eigenvalue weighted by atomic mass is 10.2. The first-order valence-electron chi connectivity index (χ1n) is 5.92. The van der Waals surface area contributed by atoms with Crippen molar-refractivity contribution in [1.82, 2.24) is 20.2 Å². The summed E-state index contributed by atoms with van der Waals surface area (Å²) in [6.07, 6.45) is 7.50. The summed E-state index contributed by atoms with van der Waals surface area (Å²) < 4.78 is 0. The summed E-state index contributed by atoms with van der Waals surface area (Å²) in [5.74, 6) is 0.783. The third-order valence-electron chi connectivity index (χ3n) is 3.34. The molecule has 2 unspecified atom stereocenters. The second-order valence-corrected chi connectivity index (χ2v) is 5.96. The zero-order chi connectivity index (χ0) is 12.5. The first-order valence-corrected chi connectivity index (χ1v) is 7.59. The van der Waals surface area contributed by atoms with Gasteiger partial charge in [0.1, 0.15) is 5.82 Å². The molecule has 1 aliphatic carbocycles. The molecule has 2 heterocycles. The fourth-order valence-electron chi connectivity index (χ4n) is 2.40. The van der Waals surface area contributed by atoms with Crippen LogP contribution in [0, 0.1) is 0 Å². The fraction of sp³-hybridized carbons (Fsp3) is 0.545. The number of H-pyrrole nitrogens is 1. The average molecular weight is 284 g/mol. The van der Waals surface area contributed by atoms with Gasteiger partial charge in [0.05, 0.1) is 11.6 Å². The molecule has 7 heteroatoms. The maximum absolute atomic E-state index is 5.91. The first-order chi connectivity index (χ1) is 8.76. The average Bonchev–Trinajstić information content (AvgIpc) is 2.97. The van der Waals surface area contributed by atoms with Gasteiger partial charge in [-0.1, -0.05) is 0 Å². The van der Waals surface area contributed by atoms with Gasteiger partial charge in [-0.15, -0.1) is 0 Å². The predicted octanol–water partition coefficient (Wildman–Crippen LogP) is 2.70. The maximum Gasteiger partial charge on any atom is 0.226 e. The molecular formula is C11H14ClN5S. The van der Waals surface area contributed by atoms with Gasteiger partial charge in [-0.3, -0.25) is 5.10 Å². The normalized spacial score (nSPS) is 23.7. The molecule has 0 aliphatic heterocycles. The molecule has 0 amide bonds. The molecule has 0 bridgehead atoms. The van der Waals surface area contributed by atoms with Gasteiger partial charge >= 0.3 is 0 Å². The Morgan fingerprint density at radius 1 is 1.44 bits per heavy atom. The Bertz CT molecular complexity index is 557. The second kappa shape index (κ2) is 4.93. The monoisotopic (exact) mass is 283 g/mol. The number of hydrogen-bond donors (Lipinski definition) is 2. The minimum atomic E-state index is 0.244. The van der Waals surface area contributed by atoms with E-state index in [0.717, 1.165) is 16.5 Å². The van der Waals surface area contributed by atoms with E-state index in [1.54, 1.807) is 6.20 Å². The van der Waals surface area contributed by atoms with Gasteiger partial charge in [-0.2, -0.15) is 26.8 Å². The van der Waals surface area contributed by atoms with Crippen LogP contribution in [0.25, 0.3) is 11.0 Å². The lowest BCUT2D eigenvalue weighted by Crippen LogP contribution is -2.17. The van der Waals surface area contributed by atoms with E-state index >= 15 is 0 Å². The van der Waals surface area contributed by atoms with Gasteiger partial charge in [0.2, 0.25) is 5.28 Å². The predicted molar refractivity (Wildman–Crippen MR) is 75.3 cm³/mol. The van der Waals surface area contributed by atoms with E-state index in [9.17, 15) is 0 Å². The van der Waals surface area contributed by atoms with Gasteiger partial charge in [0.15, 0.2) is 5.65 Å². The molecular weight excluding hydrogens is 270 g/mol. The molecule has 18 heavy (non-hydrogen) atoms. The summed E-state index contributed by atoms with van der Waals surface area (Å²) in [6, 6.07) is 0.464. The highest BCUT2D eigenvalue weighted by Gasteiger charge is 2.24. The summed E-state index contributed by atoms with van der Waals surface area (Å²) in [4.78, 5) is 8.36. The molecule has 0 saturated heterocycles. The Balaban J connectivity index is 1.84. The van der Waals surface area contributed by atoms with Crippen molar-refractivity contribution in [1.29, 1.82) is 0 Å². The van der Waals surface area contributed by atoms with Crippen molar-refractivity contribution < 1.29 is 0 Å². The van der Waals surface area contributed by atoms with Crippen LogP contribution in [0.3, 0.4) is 0 Å². The number of rotatable bonds is 3. The van der Waals surface area contributed by atoms with E-state index in [4.69, 9.17) is 11.6 Å². The Kier molecular flexibility index (Phi) is 3.30. The van der Waals surface area contributed by atoms with Crippen molar-refractivity contribution in [3.63, 3.8) is 0 Å². The van der Waals surface area contributed by atoms with E-state index < -0.39 is 0 Å².